The van der Waals surface area contributed by atoms with Gasteiger partial charge in [-0.1, -0.05) is 0 Å². The van der Waals surface area contributed by atoms with Crippen molar-refractivity contribution in [1.29, 1.82) is 5.26 Å². The minimum atomic E-state index is -0.433. The molecule has 0 bridgehead atoms. The fourth-order valence-electron chi connectivity index (χ4n) is 5.60. The van der Waals surface area contributed by atoms with E-state index in [0.29, 0.717) is 94.3 Å². The van der Waals surface area contributed by atoms with E-state index in [-0.39, 0.29) is 30.2 Å². The van der Waals surface area contributed by atoms with Gasteiger partial charge in [0.15, 0.2) is 0 Å². The average molecular weight is 652 g/mol. The van der Waals surface area contributed by atoms with Crippen molar-refractivity contribution in [2.75, 3.05) is 85.4 Å². The highest BCUT2D eigenvalue weighted by Gasteiger charge is 2.28. The first-order chi connectivity index (χ1) is 22.9. The predicted octanol–water partition coefficient (Wildman–Crippen LogP) is 0.952. The number of aromatic nitrogens is 1. The Morgan fingerprint density at radius 1 is 0.957 bits per heavy atom. The summed E-state index contributed by atoms with van der Waals surface area (Å²) in [7, 11) is 0. The third-order valence-electron chi connectivity index (χ3n) is 8.15. The number of rotatable bonds is 17. The van der Waals surface area contributed by atoms with E-state index in [1.165, 1.54) is 11.8 Å². The second-order valence-corrected chi connectivity index (χ2v) is 11.5. The summed E-state index contributed by atoms with van der Waals surface area (Å²) in [5, 5.41) is 15.2. The summed E-state index contributed by atoms with van der Waals surface area (Å²) in [4.78, 5) is 59.0. The van der Waals surface area contributed by atoms with Gasteiger partial charge in [-0.2, -0.15) is 5.26 Å². The zero-order valence-corrected chi connectivity index (χ0v) is 27.1. The molecule has 1 atom stereocenters. The van der Waals surface area contributed by atoms with Crippen LogP contribution in [0.2, 0.25) is 0 Å². The Morgan fingerprint density at radius 3 is 2.51 bits per heavy atom. The van der Waals surface area contributed by atoms with Gasteiger partial charge in [0.25, 0.3) is 5.91 Å². The lowest BCUT2D eigenvalue weighted by atomic mass is 10.1. The van der Waals surface area contributed by atoms with Crippen molar-refractivity contribution in [3.8, 4) is 11.8 Å². The lowest BCUT2D eigenvalue weighted by molar-refractivity contribution is -0.134. The lowest BCUT2D eigenvalue weighted by Gasteiger charge is -2.34. The van der Waals surface area contributed by atoms with E-state index in [4.69, 9.17) is 14.2 Å². The maximum atomic E-state index is 13.0. The first-order valence-electron chi connectivity index (χ1n) is 16.2. The average Bonchev–Trinajstić information content (AvgIpc) is 3.57. The molecule has 14 nitrogen and oxygen atoms in total. The van der Waals surface area contributed by atoms with Gasteiger partial charge in [-0.25, -0.2) is 0 Å². The van der Waals surface area contributed by atoms with Crippen LogP contribution in [0, 0.1) is 11.3 Å². The minimum absolute atomic E-state index is 0.0871. The molecule has 0 radical (unpaired) electrons. The van der Waals surface area contributed by atoms with Gasteiger partial charge < -0.3 is 34.6 Å². The van der Waals surface area contributed by atoms with Crippen molar-refractivity contribution in [1.82, 2.24) is 30.3 Å². The Bertz CT molecular complexity index is 1410. The van der Waals surface area contributed by atoms with E-state index in [1.807, 2.05) is 11.0 Å². The monoisotopic (exact) mass is 651 g/mol. The van der Waals surface area contributed by atoms with Crippen LogP contribution in [0.4, 0.5) is 0 Å². The van der Waals surface area contributed by atoms with Crippen LogP contribution in [0.25, 0.3) is 10.9 Å². The summed E-state index contributed by atoms with van der Waals surface area (Å²) in [6.45, 7) is 8.17. The molecule has 1 aromatic carbocycles. The first-order valence-corrected chi connectivity index (χ1v) is 16.2. The molecule has 14 heteroatoms. The Hall–Kier alpha value is -4.32. The SMILES string of the molecule is CC(=O)NCCOCCOCCC(=O)N1CCN(CCCOc2ccc3nccc(C(=O)NCC(=O)N4CCC[C@H]4C#N)c3c2)CC1. The van der Waals surface area contributed by atoms with Gasteiger partial charge in [-0.15, -0.1) is 0 Å². The number of benzene rings is 1. The fraction of sp³-hybridized carbons (Fsp3) is 0.576. The van der Waals surface area contributed by atoms with E-state index >= 15 is 0 Å². The van der Waals surface area contributed by atoms with Crippen molar-refractivity contribution >= 4 is 34.5 Å². The van der Waals surface area contributed by atoms with Crippen molar-refractivity contribution in [3.05, 3.63) is 36.0 Å². The van der Waals surface area contributed by atoms with E-state index < -0.39 is 6.04 Å². The van der Waals surface area contributed by atoms with E-state index in [9.17, 15) is 24.4 Å². The lowest BCUT2D eigenvalue weighted by Crippen LogP contribution is -2.49. The number of amides is 4. The molecule has 3 heterocycles. The molecule has 2 aliphatic rings. The molecule has 0 spiro atoms. The fourth-order valence-corrected chi connectivity index (χ4v) is 5.60. The number of hydrogen-bond acceptors (Lipinski definition) is 10. The smallest absolute Gasteiger partial charge is 0.252 e. The van der Waals surface area contributed by atoms with Crippen LogP contribution in [0.5, 0.6) is 5.75 Å². The predicted molar refractivity (Wildman–Crippen MR) is 172 cm³/mol. The largest absolute Gasteiger partial charge is 0.494 e. The number of nitrogens with zero attached hydrogens (tertiary/aromatic N) is 5. The van der Waals surface area contributed by atoms with Crippen LogP contribution in [0.15, 0.2) is 30.5 Å². The highest BCUT2D eigenvalue weighted by Crippen LogP contribution is 2.23. The molecule has 0 saturated carbocycles. The topological polar surface area (TPSA) is 166 Å². The highest BCUT2D eigenvalue weighted by molar-refractivity contribution is 6.07. The number of nitrogens with one attached hydrogen (secondary N) is 2. The van der Waals surface area contributed by atoms with Crippen molar-refractivity contribution in [2.24, 2.45) is 0 Å². The number of carbonyl (C=O) groups is 4. The molecule has 4 amide bonds. The van der Waals surface area contributed by atoms with Crippen molar-refractivity contribution in [2.45, 2.75) is 38.6 Å². The van der Waals surface area contributed by atoms with E-state index in [2.05, 4.69) is 26.6 Å². The summed E-state index contributed by atoms with van der Waals surface area (Å²) in [5.74, 6) is -0.0286. The summed E-state index contributed by atoms with van der Waals surface area (Å²) < 4.78 is 16.9. The molecule has 254 valence electrons. The molecule has 0 unspecified atom stereocenters. The Morgan fingerprint density at radius 2 is 1.74 bits per heavy atom. The summed E-state index contributed by atoms with van der Waals surface area (Å²) in [6, 6.07) is 8.75. The number of fused-ring (bicyclic) bond motifs is 1. The number of nitriles is 1. The van der Waals surface area contributed by atoms with Crippen LogP contribution in [-0.2, 0) is 23.9 Å². The van der Waals surface area contributed by atoms with Gasteiger partial charge in [0.1, 0.15) is 11.8 Å². The molecule has 4 rings (SSSR count). The maximum absolute atomic E-state index is 13.0. The Kier molecular flexibility index (Phi) is 14.2. The molecule has 2 fully saturated rings. The normalized spacial score (nSPS) is 16.6. The quantitative estimate of drug-likeness (QED) is 0.235. The molecule has 2 N–H and O–H groups in total. The molecule has 2 aromatic rings. The molecule has 2 aliphatic heterocycles. The summed E-state index contributed by atoms with van der Waals surface area (Å²) in [6.07, 6.45) is 4.14. The van der Waals surface area contributed by atoms with Crippen LogP contribution < -0.4 is 15.4 Å². The van der Waals surface area contributed by atoms with Crippen molar-refractivity contribution < 1.29 is 33.4 Å². The van der Waals surface area contributed by atoms with Crippen LogP contribution in [0.3, 0.4) is 0 Å². The zero-order chi connectivity index (χ0) is 33.4. The number of ether oxygens (including phenoxy) is 3. The van der Waals surface area contributed by atoms with Gasteiger partial charge >= 0.3 is 0 Å². The summed E-state index contributed by atoms with van der Waals surface area (Å²) >= 11 is 0. The van der Waals surface area contributed by atoms with E-state index in [1.54, 1.807) is 24.4 Å². The van der Waals surface area contributed by atoms with Crippen LogP contribution in [0.1, 0.15) is 43.0 Å². The van der Waals surface area contributed by atoms with Crippen molar-refractivity contribution in [3.63, 3.8) is 0 Å². The van der Waals surface area contributed by atoms with Gasteiger partial charge in [-0.05, 0) is 43.5 Å². The number of hydrogen-bond donors (Lipinski definition) is 2. The summed E-state index contributed by atoms with van der Waals surface area (Å²) in [5.41, 5.74) is 1.04. The van der Waals surface area contributed by atoms with Gasteiger partial charge in [0.05, 0.1) is 63.1 Å². The van der Waals surface area contributed by atoms with Gasteiger partial charge in [0.2, 0.25) is 17.7 Å². The van der Waals surface area contributed by atoms with Gasteiger partial charge in [0, 0.05) is 64.3 Å². The molecule has 1 aromatic heterocycles. The number of piperazine rings is 1. The second-order valence-electron chi connectivity index (χ2n) is 11.5. The number of likely N-dealkylation sites (tertiary alicyclic amines) is 1. The highest BCUT2D eigenvalue weighted by atomic mass is 16.5. The maximum Gasteiger partial charge on any atom is 0.252 e. The van der Waals surface area contributed by atoms with Gasteiger partial charge in [-0.3, -0.25) is 29.1 Å². The molecule has 0 aliphatic carbocycles. The third-order valence-corrected chi connectivity index (χ3v) is 8.15. The molecule has 47 heavy (non-hydrogen) atoms. The Balaban J connectivity index is 1.12. The van der Waals surface area contributed by atoms with Crippen LogP contribution in [-0.4, -0.2) is 135 Å². The molecular formula is C33H45N7O7. The number of carbonyl (C=O) groups excluding carboxylic acids is 4. The van der Waals surface area contributed by atoms with Crippen LogP contribution >= 0.6 is 0 Å². The second kappa shape index (κ2) is 18.7. The Labute approximate surface area is 275 Å². The number of pyridine rings is 1. The molecular weight excluding hydrogens is 606 g/mol. The van der Waals surface area contributed by atoms with E-state index in [0.717, 1.165) is 32.5 Å². The molecule has 2 saturated heterocycles. The zero-order valence-electron chi connectivity index (χ0n) is 27.1. The third kappa shape index (κ3) is 11.2. The standard InChI is InChI=1S/C33H45N7O7/c1-25(41)35-10-19-46-21-20-45-18-8-31(42)39-15-13-38(14-16-39)11-3-17-47-27-5-6-30-29(22-27)28(7-9-36-30)33(44)37-24-32(43)40-12-2-4-26(40)23-34/h5-7,9,22,26H,2-4,8,10-21,24H2,1H3,(H,35,41)(H,37,44)/t26-/m0/s1. The minimum Gasteiger partial charge on any atom is -0.494 e. The first kappa shape index (κ1) is 35.5.